The molecule has 1 aliphatic heterocycles. The van der Waals surface area contributed by atoms with Crippen molar-refractivity contribution in [2.24, 2.45) is 4.99 Å². The predicted octanol–water partition coefficient (Wildman–Crippen LogP) is 5.12. The summed E-state index contributed by atoms with van der Waals surface area (Å²) in [5.41, 5.74) is 3.59. The number of rotatable bonds is 7. The van der Waals surface area contributed by atoms with E-state index in [0.717, 1.165) is 27.8 Å². The zero-order valence-electron chi connectivity index (χ0n) is 23.1. The summed E-state index contributed by atoms with van der Waals surface area (Å²) in [6, 6.07) is 15.3. The van der Waals surface area contributed by atoms with Crippen LogP contribution in [0, 0.1) is 0 Å². The Kier molecular flexibility index (Phi) is 7.32. The van der Waals surface area contributed by atoms with Gasteiger partial charge in [-0.15, -0.1) is 0 Å². The molecule has 4 aromatic rings. The maximum Gasteiger partial charge on any atom is 0.338 e. The number of benzene rings is 2. The Morgan fingerprint density at radius 1 is 1.10 bits per heavy atom. The lowest BCUT2D eigenvalue weighted by Crippen LogP contribution is -2.40. The molecule has 3 heterocycles. The largest absolute Gasteiger partial charge is 0.494 e. The van der Waals surface area contributed by atoms with Gasteiger partial charge in [0.05, 0.1) is 34.6 Å². The number of thiazole rings is 1. The number of esters is 1. The molecule has 1 aliphatic rings. The maximum atomic E-state index is 14.0. The highest BCUT2D eigenvalue weighted by molar-refractivity contribution is 7.07. The second kappa shape index (κ2) is 10.7. The van der Waals surface area contributed by atoms with Crippen LogP contribution in [0.4, 0.5) is 0 Å². The summed E-state index contributed by atoms with van der Waals surface area (Å²) in [5.74, 6) is 0.252. The molecular weight excluding hydrogens is 510 g/mol. The molecule has 0 aliphatic carbocycles. The van der Waals surface area contributed by atoms with Crippen LogP contribution in [-0.2, 0) is 9.53 Å². The van der Waals surface area contributed by atoms with Gasteiger partial charge in [-0.25, -0.2) is 9.79 Å². The van der Waals surface area contributed by atoms with Gasteiger partial charge in [0.25, 0.3) is 5.56 Å². The lowest BCUT2D eigenvalue weighted by Gasteiger charge is -2.25. The van der Waals surface area contributed by atoms with Gasteiger partial charge in [0.2, 0.25) is 0 Å². The van der Waals surface area contributed by atoms with E-state index in [1.807, 2.05) is 63.2 Å². The molecule has 2 aromatic carbocycles. The first-order valence-corrected chi connectivity index (χ1v) is 14.1. The highest BCUT2D eigenvalue weighted by Gasteiger charge is 2.33. The summed E-state index contributed by atoms with van der Waals surface area (Å²) in [6.07, 6.45) is 3.72. The zero-order valence-corrected chi connectivity index (χ0v) is 23.9. The normalized spacial score (nSPS) is 15.7. The number of fused-ring (bicyclic) bond motifs is 2. The smallest absolute Gasteiger partial charge is 0.338 e. The Hall–Kier alpha value is -3.91. The Morgan fingerprint density at radius 3 is 2.49 bits per heavy atom. The number of ether oxygens (including phenoxy) is 2. The number of para-hydroxylation sites is 1. The van der Waals surface area contributed by atoms with Gasteiger partial charge in [-0.2, -0.15) is 0 Å². The average molecular weight is 544 g/mol. The van der Waals surface area contributed by atoms with Crippen LogP contribution < -0.4 is 19.6 Å². The molecule has 0 saturated carbocycles. The van der Waals surface area contributed by atoms with Crippen molar-refractivity contribution in [3.05, 3.63) is 96.8 Å². The third kappa shape index (κ3) is 4.96. The van der Waals surface area contributed by atoms with E-state index in [-0.39, 0.29) is 17.7 Å². The van der Waals surface area contributed by atoms with Gasteiger partial charge < -0.3 is 14.0 Å². The number of carbonyl (C=O) groups is 1. The zero-order chi connectivity index (χ0) is 27.8. The highest BCUT2D eigenvalue weighted by atomic mass is 32.1. The van der Waals surface area contributed by atoms with Crippen molar-refractivity contribution in [1.29, 1.82) is 0 Å². The van der Waals surface area contributed by atoms with Crippen LogP contribution in [0.2, 0.25) is 0 Å². The minimum absolute atomic E-state index is 0.193. The van der Waals surface area contributed by atoms with Crippen LogP contribution in [0.25, 0.3) is 17.0 Å². The van der Waals surface area contributed by atoms with Crippen molar-refractivity contribution in [3.8, 4) is 5.75 Å². The number of hydrogen-bond acceptors (Lipinski definition) is 6. The molecule has 39 heavy (non-hydrogen) atoms. The number of carbonyl (C=O) groups excluding carboxylic acids is 1. The molecule has 0 radical (unpaired) electrons. The van der Waals surface area contributed by atoms with Crippen molar-refractivity contribution in [2.45, 2.75) is 59.7 Å². The second-order valence-corrected chi connectivity index (χ2v) is 11.1. The molecule has 0 fully saturated rings. The average Bonchev–Trinajstić information content (AvgIpc) is 3.41. The van der Waals surface area contributed by atoms with Gasteiger partial charge in [-0.1, -0.05) is 41.7 Å². The number of nitrogens with zero attached hydrogens (tertiary/aromatic N) is 3. The minimum atomic E-state index is -0.665. The first-order valence-electron chi connectivity index (χ1n) is 13.3. The Morgan fingerprint density at radius 2 is 1.82 bits per heavy atom. The first-order chi connectivity index (χ1) is 18.7. The summed E-state index contributed by atoms with van der Waals surface area (Å²) in [6.45, 7) is 12.2. The van der Waals surface area contributed by atoms with Crippen LogP contribution in [0.3, 0.4) is 0 Å². The van der Waals surface area contributed by atoms with Gasteiger partial charge in [-0.3, -0.25) is 9.36 Å². The third-order valence-corrected chi connectivity index (χ3v) is 7.69. The van der Waals surface area contributed by atoms with E-state index in [0.29, 0.717) is 27.2 Å². The topological polar surface area (TPSA) is 74.8 Å². The van der Waals surface area contributed by atoms with Crippen LogP contribution in [0.1, 0.15) is 64.8 Å². The minimum Gasteiger partial charge on any atom is -0.494 e. The fourth-order valence-electron chi connectivity index (χ4n) is 5.00. The molecule has 0 N–H and O–H groups in total. The monoisotopic (exact) mass is 543 g/mol. The van der Waals surface area contributed by atoms with Gasteiger partial charge in [0, 0.05) is 28.7 Å². The molecule has 7 nitrogen and oxygen atoms in total. The molecule has 0 spiro atoms. The lowest BCUT2D eigenvalue weighted by molar-refractivity contribution is -0.143. The Labute approximate surface area is 231 Å². The van der Waals surface area contributed by atoms with Gasteiger partial charge >= 0.3 is 5.97 Å². The first kappa shape index (κ1) is 26.7. The fraction of sp³-hybridized carbons (Fsp3) is 0.323. The van der Waals surface area contributed by atoms with Crippen molar-refractivity contribution in [3.63, 3.8) is 0 Å². The van der Waals surface area contributed by atoms with Crippen LogP contribution in [-0.4, -0.2) is 27.8 Å². The van der Waals surface area contributed by atoms with E-state index in [4.69, 9.17) is 14.5 Å². The van der Waals surface area contributed by atoms with E-state index in [1.165, 1.54) is 11.3 Å². The summed E-state index contributed by atoms with van der Waals surface area (Å²) >= 11 is 1.33. The summed E-state index contributed by atoms with van der Waals surface area (Å²) in [5, 5.41) is 1.08. The Balaban J connectivity index is 1.71. The molecule has 5 rings (SSSR count). The Bertz CT molecular complexity index is 1750. The molecule has 202 valence electrons. The second-order valence-electron chi connectivity index (χ2n) is 10.1. The van der Waals surface area contributed by atoms with E-state index in [9.17, 15) is 9.59 Å². The van der Waals surface area contributed by atoms with Gasteiger partial charge in [0.15, 0.2) is 4.80 Å². The highest BCUT2D eigenvalue weighted by Crippen LogP contribution is 2.32. The quantitative estimate of drug-likeness (QED) is 0.303. The van der Waals surface area contributed by atoms with Crippen LogP contribution in [0.5, 0.6) is 5.75 Å². The number of hydrogen-bond donors (Lipinski definition) is 0. The molecular formula is C31H33N3O4S. The van der Waals surface area contributed by atoms with Crippen molar-refractivity contribution in [1.82, 2.24) is 9.13 Å². The van der Waals surface area contributed by atoms with Crippen LogP contribution in [0.15, 0.2) is 75.8 Å². The molecule has 0 unspecified atom stereocenters. The molecule has 0 bridgehead atoms. The lowest BCUT2D eigenvalue weighted by atomic mass is 9.96. The maximum absolute atomic E-state index is 14.0. The van der Waals surface area contributed by atoms with E-state index in [1.54, 1.807) is 11.5 Å². The number of aromatic nitrogens is 2. The summed E-state index contributed by atoms with van der Waals surface area (Å²) in [7, 11) is 0. The third-order valence-electron chi connectivity index (χ3n) is 6.71. The van der Waals surface area contributed by atoms with Gasteiger partial charge in [-0.05, 0) is 71.4 Å². The van der Waals surface area contributed by atoms with Crippen molar-refractivity contribution in [2.75, 3.05) is 6.61 Å². The molecule has 2 aromatic heterocycles. The van der Waals surface area contributed by atoms with Crippen molar-refractivity contribution >= 4 is 34.3 Å². The molecule has 0 saturated heterocycles. The van der Waals surface area contributed by atoms with Crippen LogP contribution >= 0.6 is 11.3 Å². The molecule has 8 heteroatoms. The molecule has 0 amide bonds. The van der Waals surface area contributed by atoms with E-state index < -0.39 is 12.0 Å². The fourth-order valence-corrected chi connectivity index (χ4v) is 6.04. The molecule has 1 atom stereocenters. The van der Waals surface area contributed by atoms with Gasteiger partial charge in [0.1, 0.15) is 5.75 Å². The van der Waals surface area contributed by atoms with Crippen molar-refractivity contribution < 1.29 is 14.3 Å². The van der Waals surface area contributed by atoms with E-state index >= 15 is 0 Å². The SMILES string of the molecule is CCOc1ccc([C@H]2C(C(=O)OC(C)C)=C(C)N=c3s/c(=C/c4cn(C(C)C)c5ccccc45)c(=O)n32)cc1. The summed E-state index contributed by atoms with van der Waals surface area (Å²) in [4.78, 5) is 32.6. The standard InChI is InChI=1S/C31H33N3O4S/c1-7-37-23-14-12-21(13-15-23)28-27(30(36)38-19(4)5)20(6)32-31-34(28)29(35)26(39-31)16-22-17-33(18(2)3)25-11-9-8-10-24(22)25/h8-19,28H,7H2,1-6H3/b26-16+/t28-/m0/s1. The number of allylic oxidation sites excluding steroid dienone is 1. The summed E-state index contributed by atoms with van der Waals surface area (Å²) < 4.78 is 15.6. The predicted molar refractivity (Wildman–Crippen MR) is 155 cm³/mol. The van der Waals surface area contributed by atoms with E-state index in [2.05, 4.69) is 36.7 Å².